The number of halogens is 1. The summed E-state index contributed by atoms with van der Waals surface area (Å²) < 4.78 is 51.7. The molecule has 0 saturated heterocycles. The van der Waals surface area contributed by atoms with Crippen LogP contribution in [0.15, 0.2) is 23.8 Å². The second-order valence-electron chi connectivity index (χ2n) is 12.2. The molecule has 0 spiro atoms. The average Bonchev–Trinajstić information content (AvgIpc) is 3.62. The first-order valence-corrected chi connectivity index (χ1v) is 14.8. The molecule has 8 atom stereocenters. The Morgan fingerprint density at radius 3 is 2.49 bits per heavy atom. The van der Waals surface area contributed by atoms with E-state index in [0.717, 1.165) is 6.26 Å². The number of fused-ring (bicyclic) bond motifs is 5. The van der Waals surface area contributed by atoms with Gasteiger partial charge in [0, 0.05) is 22.7 Å². The van der Waals surface area contributed by atoms with Gasteiger partial charge in [0.05, 0.1) is 18.3 Å². The molecule has 0 aromatic carbocycles. The van der Waals surface area contributed by atoms with Crippen LogP contribution in [0.25, 0.3) is 0 Å². The summed E-state index contributed by atoms with van der Waals surface area (Å²) in [7, 11) is -3.95. The molecule has 5 rings (SSSR count). The van der Waals surface area contributed by atoms with Gasteiger partial charge in [-0.15, -0.1) is 0 Å². The predicted octanol–water partition coefficient (Wildman–Crippen LogP) is 2.84. The Morgan fingerprint density at radius 1 is 1.19 bits per heavy atom. The Balaban J connectivity index is 1.59. The standard InChI is InChI=1S/C27H35FO8S/c1-15-11-20-19-8-7-17-12-18(29)9-10-24(17,2)26(19,28)21(30)13-25(20,3)27(15,36-23(32)16-5-6-16)22(31)14-35-37(4,33)34/h9-10,12,15-16,19-21,30H,5-8,11,13-14H2,1-4H3/t15-,19+,20+,21+,24+,25+,26+,27+/m1/s1. The lowest BCUT2D eigenvalue weighted by atomic mass is 9.44. The number of aliphatic hydroxyl groups is 1. The highest BCUT2D eigenvalue weighted by atomic mass is 32.2. The van der Waals surface area contributed by atoms with Crippen molar-refractivity contribution in [3.05, 3.63) is 23.8 Å². The van der Waals surface area contributed by atoms with Crippen molar-refractivity contribution in [1.29, 1.82) is 0 Å². The number of hydrogen-bond donors (Lipinski definition) is 1. The van der Waals surface area contributed by atoms with Crippen molar-refractivity contribution in [3.8, 4) is 0 Å². The minimum atomic E-state index is -3.95. The van der Waals surface area contributed by atoms with E-state index in [2.05, 4.69) is 0 Å². The van der Waals surface area contributed by atoms with Gasteiger partial charge in [0.25, 0.3) is 10.1 Å². The number of aliphatic hydroxyl groups excluding tert-OH is 1. The van der Waals surface area contributed by atoms with Gasteiger partial charge in [-0.05, 0) is 63.5 Å². The third-order valence-electron chi connectivity index (χ3n) is 10.2. The first-order chi connectivity index (χ1) is 17.1. The van der Waals surface area contributed by atoms with Crippen LogP contribution in [0.1, 0.15) is 59.3 Å². The van der Waals surface area contributed by atoms with E-state index in [1.54, 1.807) is 26.8 Å². The van der Waals surface area contributed by atoms with Crippen LogP contribution in [0.4, 0.5) is 4.39 Å². The fourth-order valence-corrected chi connectivity index (χ4v) is 8.55. The number of carbonyl (C=O) groups excluding carboxylic acids is 3. The van der Waals surface area contributed by atoms with Crippen LogP contribution in [0, 0.1) is 34.5 Å². The molecule has 0 amide bonds. The van der Waals surface area contributed by atoms with Crippen molar-refractivity contribution in [2.45, 2.75) is 76.7 Å². The molecule has 0 radical (unpaired) electrons. The molecule has 0 bridgehead atoms. The third kappa shape index (κ3) is 3.65. The summed E-state index contributed by atoms with van der Waals surface area (Å²) >= 11 is 0. The maximum atomic E-state index is 17.4. The van der Waals surface area contributed by atoms with E-state index in [0.29, 0.717) is 37.7 Å². The number of alkyl halides is 1. The molecule has 37 heavy (non-hydrogen) atoms. The molecule has 4 saturated carbocycles. The maximum absolute atomic E-state index is 17.4. The first kappa shape index (κ1) is 26.7. The van der Waals surface area contributed by atoms with E-state index in [1.165, 1.54) is 12.2 Å². The van der Waals surface area contributed by atoms with Gasteiger partial charge in [-0.2, -0.15) is 8.42 Å². The molecule has 10 heteroatoms. The van der Waals surface area contributed by atoms with Crippen molar-refractivity contribution < 1.29 is 41.2 Å². The van der Waals surface area contributed by atoms with E-state index in [9.17, 15) is 27.9 Å². The average molecular weight is 539 g/mol. The molecule has 0 unspecified atom stereocenters. The zero-order valence-electron chi connectivity index (χ0n) is 21.7. The summed E-state index contributed by atoms with van der Waals surface area (Å²) in [5.74, 6) is -3.40. The minimum Gasteiger partial charge on any atom is -0.450 e. The van der Waals surface area contributed by atoms with E-state index >= 15 is 4.39 Å². The predicted molar refractivity (Wildman–Crippen MR) is 130 cm³/mol. The Hall–Kier alpha value is -1.91. The van der Waals surface area contributed by atoms with Gasteiger partial charge in [0.15, 0.2) is 17.1 Å². The number of hydrogen-bond acceptors (Lipinski definition) is 8. The number of ether oxygens (including phenoxy) is 1. The van der Waals surface area contributed by atoms with Crippen molar-refractivity contribution >= 4 is 27.7 Å². The summed E-state index contributed by atoms with van der Waals surface area (Å²) in [5.41, 5.74) is -5.55. The smallest absolute Gasteiger partial charge is 0.309 e. The number of ketones is 2. The normalized spacial score (nSPS) is 44.9. The van der Waals surface area contributed by atoms with Crippen molar-refractivity contribution in [2.24, 2.45) is 34.5 Å². The van der Waals surface area contributed by atoms with Gasteiger partial charge < -0.3 is 9.84 Å². The number of allylic oxidation sites excluding steroid dienone is 4. The largest absolute Gasteiger partial charge is 0.450 e. The molecule has 8 nitrogen and oxygen atoms in total. The fraction of sp³-hybridized carbons (Fsp3) is 0.741. The molecule has 0 heterocycles. The van der Waals surface area contributed by atoms with Crippen LogP contribution in [0.2, 0.25) is 0 Å². The molecule has 0 aliphatic heterocycles. The van der Waals surface area contributed by atoms with Crippen LogP contribution < -0.4 is 0 Å². The Bertz CT molecular complexity index is 1220. The molecule has 0 aromatic heterocycles. The van der Waals surface area contributed by atoms with Gasteiger partial charge in [0.2, 0.25) is 5.78 Å². The monoisotopic (exact) mass is 538 g/mol. The topological polar surface area (TPSA) is 124 Å². The summed E-state index contributed by atoms with van der Waals surface area (Å²) in [6.45, 7) is 4.43. The number of rotatable bonds is 6. The minimum absolute atomic E-state index is 0.164. The van der Waals surface area contributed by atoms with Gasteiger partial charge in [-0.1, -0.05) is 25.5 Å². The van der Waals surface area contributed by atoms with Gasteiger partial charge in [0.1, 0.15) is 6.61 Å². The molecule has 1 N–H and O–H groups in total. The third-order valence-corrected chi connectivity index (χ3v) is 10.7. The molecular weight excluding hydrogens is 503 g/mol. The van der Waals surface area contributed by atoms with Crippen LogP contribution >= 0.6 is 0 Å². The lowest BCUT2D eigenvalue weighted by Gasteiger charge is -2.62. The fourth-order valence-electron chi connectivity index (χ4n) is 8.23. The van der Waals surface area contributed by atoms with E-state index in [-0.39, 0.29) is 18.1 Å². The maximum Gasteiger partial charge on any atom is 0.309 e. The van der Waals surface area contributed by atoms with E-state index in [1.807, 2.05) is 0 Å². The molecule has 204 valence electrons. The summed E-state index contributed by atoms with van der Waals surface area (Å²) in [6, 6.07) is 0. The first-order valence-electron chi connectivity index (χ1n) is 13.0. The van der Waals surface area contributed by atoms with E-state index in [4.69, 9.17) is 8.92 Å². The van der Waals surface area contributed by atoms with Gasteiger partial charge in [-0.25, -0.2) is 4.39 Å². The van der Waals surface area contributed by atoms with Gasteiger partial charge >= 0.3 is 5.97 Å². The lowest BCUT2D eigenvalue weighted by molar-refractivity contribution is -0.228. The van der Waals surface area contributed by atoms with Crippen molar-refractivity contribution in [2.75, 3.05) is 12.9 Å². The zero-order valence-corrected chi connectivity index (χ0v) is 22.5. The quantitative estimate of drug-likeness (QED) is 0.405. The zero-order chi connectivity index (χ0) is 27.2. The summed E-state index contributed by atoms with van der Waals surface area (Å²) in [6.07, 6.45) is 6.02. The second-order valence-corrected chi connectivity index (χ2v) is 13.9. The van der Waals surface area contributed by atoms with Crippen LogP contribution in [0.5, 0.6) is 0 Å². The highest BCUT2D eigenvalue weighted by Gasteiger charge is 2.77. The number of esters is 1. The highest BCUT2D eigenvalue weighted by molar-refractivity contribution is 7.86. The number of carbonyl (C=O) groups is 3. The second kappa shape index (κ2) is 8.29. The van der Waals surface area contributed by atoms with Gasteiger partial charge in [-0.3, -0.25) is 18.6 Å². The van der Waals surface area contributed by atoms with Crippen molar-refractivity contribution in [3.63, 3.8) is 0 Å². The lowest BCUT2D eigenvalue weighted by Crippen LogP contribution is -2.70. The molecule has 5 aliphatic carbocycles. The van der Waals surface area contributed by atoms with Crippen LogP contribution in [-0.2, 0) is 33.4 Å². The number of Topliss-reactive ketones (excluding diaryl/α,β-unsaturated/α-hetero) is 1. The molecule has 5 aliphatic rings. The Kier molecular flexibility index (Phi) is 5.98. The Morgan fingerprint density at radius 2 is 1.86 bits per heavy atom. The molecule has 4 fully saturated rings. The SMILES string of the molecule is C[C@@H]1C[C@H]2[C@@H]3CCC4=CC(=O)C=C[C@]4(C)[C@@]3(F)[C@@H](O)C[C@]2(C)[C@@]1(OC(=O)C1CC1)C(=O)COS(C)(=O)=O. The van der Waals surface area contributed by atoms with Crippen molar-refractivity contribution in [1.82, 2.24) is 0 Å². The summed E-state index contributed by atoms with van der Waals surface area (Å²) in [4.78, 5) is 38.9. The summed E-state index contributed by atoms with van der Waals surface area (Å²) in [5, 5.41) is 11.6. The van der Waals surface area contributed by atoms with Crippen LogP contribution in [-0.4, -0.2) is 61.3 Å². The van der Waals surface area contributed by atoms with E-state index < -0.39 is 74.4 Å². The van der Waals surface area contributed by atoms with Crippen LogP contribution in [0.3, 0.4) is 0 Å². The highest BCUT2D eigenvalue weighted by Crippen LogP contribution is 2.71. The molecular formula is C27H35FO8S. The molecule has 0 aromatic rings. The Labute approximate surface area is 216 Å².